The summed E-state index contributed by atoms with van der Waals surface area (Å²) in [7, 11) is 0.500. The predicted octanol–water partition coefficient (Wildman–Crippen LogP) is 8.46. The van der Waals surface area contributed by atoms with Gasteiger partial charge in [-0.3, -0.25) is 14.1 Å². The van der Waals surface area contributed by atoms with E-state index in [0.717, 1.165) is 44.5 Å². The summed E-state index contributed by atoms with van der Waals surface area (Å²) in [4.78, 5) is 15.0. The van der Waals surface area contributed by atoms with Crippen LogP contribution in [0.25, 0.3) is 0 Å². The maximum absolute atomic E-state index is 12.8. The van der Waals surface area contributed by atoms with Crippen LogP contribution in [-0.2, 0) is 9.53 Å². The lowest BCUT2D eigenvalue weighted by molar-refractivity contribution is -0.168. The molecule has 0 amide bonds. The van der Waals surface area contributed by atoms with Crippen molar-refractivity contribution in [1.82, 2.24) is 10.2 Å². The minimum Gasteiger partial charge on any atom is -0.459 e. The van der Waals surface area contributed by atoms with Crippen LogP contribution >= 0.6 is 0 Å². The molecule has 0 aromatic rings. The second kappa shape index (κ2) is 21.0. The Balaban J connectivity index is 0. The highest BCUT2D eigenvalue weighted by Crippen LogP contribution is 2.27. The number of nitrogens with zero attached hydrogens (tertiary/aromatic N) is 1. The van der Waals surface area contributed by atoms with Crippen LogP contribution in [0, 0.1) is 5.92 Å². The van der Waals surface area contributed by atoms with Gasteiger partial charge >= 0.3 is 5.97 Å². The normalized spacial score (nSPS) is 16.9. The van der Waals surface area contributed by atoms with Gasteiger partial charge in [-0.05, 0) is 92.8 Å². The molecular weight excluding hydrogens is 501 g/mol. The third-order valence-electron chi connectivity index (χ3n) is 6.27. The first-order valence-electron chi connectivity index (χ1n) is 14.4. The molecule has 228 valence electrons. The van der Waals surface area contributed by atoms with Crippen LogP contribution in [0.3, 0.4) is 0 Å². The van der Waals surface area contributed by atoms with Crippen LogP contribution in [0.1, 0.15) is 94.9 Å². The van der Waals surface area contributed by atoms with Gasteiger partial charge in [0.2, 0.25) is 0 Å². The Morgan fingerprint density at radius 1 is 1.18 bits per heavy atom. The topological polar surface area (TPSA) is 41.6 Å². The van der Waals surface area contributed by atoms with E-state index in [2.05, 4.69) is 42.3 Å². The van der Waals surface area contributed by atoms with E-state index in [0.29, 0.717) is 19.6 Å². The molecule has 7 heteroatoms. The summed E-state index contributed by atoms with van der Waals surface area (Å²) in [6.45, 7) is 22.4. The zero-order valence-corrected chi connectivity index (χ0v) is 26.5. The molecule has 0 heterocycles. The lowest BCUT2D eigenvalue weighted by Crippen LogP contribution is -2.53. The van der Waals surface area contributed by atoms with Crippen molar-refractivity contribution >= 4 is 5.97 Å². The molecule has 1 aliphatic rings. The van der Waals surface area contributed by atoms with Crippen molar-refractivity contribution in [3.05, 3.63) is 47.6 Å². The fourth-order valence-electron chi connectivity index (χ4n) is 4.04. The molecule has 0 fully saturated rings. The number of allylic oxidation sites excluding steroid dienone is 7. The smallest absolute Gasteiger partial charge is 0.326 e. The summed E-state index contributed by atoms with van der Waals surface area (Å²) in [6, 6.07) is 0.317. The number of hydrogen-bond acceptors (Lipinski definition) is 4. The van der Waals surface area contributed by atoms with Gasteiger partial charge in [-0.25, -0.2) is 8.78 Å². The number of rotatable bonds is 14. The first-order valence-corrected chi connectivity index (χ1v) is 14.4. The van der Waals surface area contributed by atoms with Crippen LogP contribution in [-0.4, -0.2) is 61.3 Å². The van der Waals surface area contributed by atoms with Gasteiger partial charge in [0, 0.05) is 24.1 Å². The van der Waals surface area contributed by atoms with E-state index in [1.807, 2.05) is 61.5 Å². The Labute approximate surface area is 237 Å². The maximum Gasteiger partial charge on any atom is 0.326 e. The Hall–Kier alpha value is -1.86. The van der Waals surface area contributed by atoms with Crippen LogP contribution in [0.5, 0.6) is 0 Å². The number of hydrogen-bond donors (Lipinski definition) is 1. The van der Waals surface area contributed by atoms with Crippen molar-refractivity contribution in [1.29, 1.82) is 0 Å². The summed E-state index contributed by atoms with van der Waals surface area (Å²) in [5, 5.41) is 3.57. The minimum absolute atomic E-state index is 0.117. The molecule has 0 radical (unpaired) electrons. The first-order chi connectivity index (χ1) is 18.3. The monoisotopic (exact) mass is 558 g/mol. The summed E-state index contributed by atoms with van der Waals surface area (Å²) < 4.78 is 40.8. The van der Waals surface area contributed by atoms with E-state index in [-0.39, 0.29) is 17.5 Å². The summed E-state index contributed by atoms with van der Waals surface area (Å²) >= 11 is 0. The number of alkyl halides is 3. The van der Waals surface area contributed by atoms with Crippen molar-refractivity contribution in [3.8, 4) is 0 Å². The highest BCUT2D eigenvalue weighted by Gasteiger charge is 2.37. The average Bonchev–Trinajstić information content (AvgIpc) is 2.90. The number of nitrogens with one attached hydrogen (secondary N) is 1. The van der Waals surface area contributed by atoms with Gasteiger partial charge in [-0.2, -0.15) is 0 Å². The molecule has 0 bridgehead atoms. The van der Waals surface area contributed by atoms with Crippen molar-refractivity contribution in [2.45, 2.75) is 119 Å². The van der Waals surface area contributed by atoms with Crippen LogP contribution < -0.4 is 5.32 Å². The fraction of sp³-hybridized carbons (Fsp3) is 0.719. The van der Waals surface area contributed by atoms with E-state index in [9.17, 15) is 18.0 Å². The Morgan fingerprint density at radius 3 is 2.26 bits per heavy atom. The molecule has 0 spiro atoms. The van der Waals surface area contributed by atoms with Gasteiger partial charge in [0.25, 0.3) is 6.43 Å². The Kier molecular flexibility index (Phi) is 21.1. The zero-order chi connectivity index (χ0) is 30.6. The molecule has 1 rings (SSSR count). The number of halogens is 3. The van der Waals surface area contributed by atoms with Gasteiger partial charge in [-0.1, -0.05) is 57.2 Å². The summed E-state index contributed by atoms with van der Waals surface area (Å²) in [5.41, 5.74) is 0.0949. The van der Waals surface area contributed by atoms with E-state index in [1.165, 1.54) is 0 Å². The molecule has 0 aromatic carbocycles. The first kappa shape index (κ1) is 39.3. The molecule has 39 heavy (non-hydrogen) atoms. The van der Waals surface area contributed by atoms with Crippen molar-refractivity contribution in [2.75, 3.05) is 26.8 Å². The highest BCUT2D eigenvalue weighted by molar-refractivity contribution is 5.80. The molecule has 2 unspecified atom stereocenters. The molecule has 0 saturated carbocycles. The van der Waals surface area contributed by atoms with Crippen LogP contribution in [0.15, 0.2) is 47.6 Å². The second-order valence-corrected chi connectivity index (χ2v) is 10.9. The van der Waals surface area contributed by atoms with E-state index in [4.69, 9.17) is 4.74 Å². The lowest BCUT2D eigenvalue weighted by Gasteiger charge is -2.38. The number of carbonyl (C=O) groups excluding carboxylic acids is 1. The third kappa shape index (κ3) is 16.1. The molecule has 0 saturated heterocycles. The molecule has 4 nitrogen and oxygen atoms in total. The number of carbonyl (C=O) groups is 1. The quantitative estimate of drug-likeness (QED) is 0.132. The SMILES string of the molecule is C/C=C(\C=C/CCNC(C)CCN(CCC)C(C)(C)C(=O)OC(C)(C)C)C1C=CC(C(F)F)=CC1.CC.CF. The Bertz CT molecular complexity index is 781. The third-order valence-corrected chi connectivity index (χ3v) is 6.27. The van der Waals surface area contributed by atoms with Crippen molar-refractivity contribution in [2.24, 2.45) is 5.92 Å². The van der Waals surface area contributed by atoms with Gasteiger partial charge in [0.05, 0.1) is 7.18 Å². The Morgan fingerprint density at radius 2 is 1.79 bits per heavy atom. The largest absolute Gasteiger partial charge is 0.459 e. The molecular formula is C32H57F3N2O2. The van der Waals surface area contributed by atoms with Gasteiger partial charge < -0.3 is 10.1 Å². The maximum atomic E-state index is 12.8. The predicted molar refractivity (Wildman–Crippen MR) is 161 cm³/mol. The standard InChI is InChI=1S/C29H48F2N2O2.C2H6.CH3F/c1-9-20-33(29(7,8)27(34)35-28(4,5)6)21-18-22(3)32-19-12-11-13-23(10-2)24-14-16-25(17-15-24)26(30)31;2*1-2/h10-11,13-14,16-17,22,24,26,32H,9,12,15,18-21H2,1-8H3;1-2H3;1H3/b13-11-,23-10+;;. The zero-order valence-electron chi connectivity index (χ0n) is 26.5. The number of esters is 1. The summed E-state index contributed by atoms with van der Waals surface area (Å²) in [6.07, 6.45) is 12.4. The second-order valence-electron chi connectivity index (χ2n) is 10.9. The summed E-state index contributed by atoms with van der Waals surface area (Å²) in [5.74, 6) is -0.0266. The van der Waals surface area contributed by atoms with E-state index in [1.54, 1.807) is 12.2 Å². The molecule has 2 atom stereocenters. The highest BCUT2D eigenvalue weighted by atomic mass is 19.3. The molecule has 1 aliphatic carbocycles. The number of ether oxygens (including phenoxy) is 1. The van der Waals surface area contributed by atoms with Crippen molar-refractivity contribution in [3.63, 3.8) is 0 Å². The van der Waals surface area contributed by atoms with Crippen LogP contribution in [0.4, 0.5) is 13.2 Å². The minimum atomic E-state index is -2.40. The molecule has 0 aromatic heterocycles. The average molecular weight is 559 g/mol. The van der Waals surface area contributed by atoms with Crippen LogP contribution in [0.2, 0.25) is 0 Å². The molecule has 0 aliphatic heterocycles. The van der Waals surface area contributed by atoms with Gasteiger partial charge in [0.1, 0.15) is 11.1 Å². The van der Waals surface area contributed by atoms with E-state index < -0.39 is 17.6 Å². The molecule has 1 N–H and O–H groups in total. The van der Waals surface area contributed by atoms with Crippen molar-refractivity contribution < 1.29 is 22.7 Å². The van der Waals surface area contributed by atoms with E-state index >= 15 is 0 Å². The fourth-order valence-corrected chi connectivity index (χ4v) is 4.04. The lowest BCUT2D eigenvalue weighted by atomic mass is 9.89. The van der Waals surface area contributed by atoms with Gasteiger partial charge in [0.15, 0.2) is 0 Å². The van der Waals surface area contributed by atoms with Gasteiger partial charge in [-0.15, -0.1) is 0 Å².